The Bertz CT molecular complexity index is 629. The highest BCUT2D eigenvalue weighted by atomic mass is 19.3. The monoisotopic (exact) mass is 291 g/mol. The van der Waals surface area contributed by atoms with Crippen molar-refractivity contribution < 1.29 is 18.3 Å². The fourth-order valence-corrected chi connectivity index (χ4v) is 1.96. The number of methoxy groups -OCH3 is 1. The number of rotatable bonds is 5. The van der Waals surface area contributed by atoms with E-state index in [1.807, 2.05) is 0 Å². The number of nitrogens with one attached hydrogen (secondary N) is 1. The summed E-state index contributed by atoms with van der Waals surface area (Å²) in [7, 11) is 1.31. The van der Waals surface area contributed by atoms with Crippen molar-refractivity contribution in [3.05, 3.63) is 65.2 Å². The topological polar surface area (TPSA) is 38.3 Å². The third kappa shape index (κ3) is 3.78. The van der Waals surface area contributed by atoms with Gasteiger partial charge in [-0.2, -0.15) is 0 Å². The maximum absolute atomic E-state index is 12.6. The molecule has 0 bridgehead atoms. The summed E-state index contributed by atoms with van der Waals surface area (Å²) in [6.07, 6.45) is -2.49. The number of hydrogen-bond acceptors (Lipinski definition) is 3. The third-order valence-electron chi connectivity index (χ3n) is 3.02. The largest absolute Gasteiger partial charge is 0.465 e. The number of halogens is 2. The second-order valence-electron chi connectivity index (χ2n) is 4.44. The lowest BCUT2D eigenvalue weighted by atomic mass is 10.1. The summed E-state index contributed by atoms with van der Waals surface area (Å²) in [5.41, 5.74) is 1.71. The Labute approximate surface area is 121 Å². The Morgan fingerprint density at radius 2 is 1.95 bits per heavy atom. The quantitative estimate of drug-likeness (QED) is 0.845. The predicted octanol–water partition coefficient (Wildman–Crippen LogP) is 4.02. The van der Waals surface area contributed by atoms with Gasteiger partial charge >= 0.3 is 5.97 Å². The van der Waals surface area contributed by atoms with Gasteiger partial charge in [0.1, 0.15) is 0 Å². The van der Waals surface area contributed by atoms with Crippen molar-refractivity contribution in [1.29, 1.82) is 0 Å². The molecule has 21 heavy (non-hydrogen) atoms. The van der Waals surface area contributed by atoms with E-state index in [2.05, 4.69) is 5.32 Å². The molecule has 0 aliphatic heterocycles. The Morgan fingerprint density at radius 3 is 2.67 bits per heavy atom. The minimum absolute atomic E-state index is 0.0180. The van der Waals surface area contributed by atoms with E-state index >= 15 is 0 Å². The van der Waals surface area contributed by atoms with E-state index in [0.29, 0.717) is 23.4 Å². The molecule has 0 aliphatic rings. The van der Waals surface area contributed by atoms with Gasteiger partial charge in [0.15, 0.2) is 0 Å². The van der Waals surface area contributed by atoms with Crippen molar-refractivity contribution in [3.8, 4) is 0 Å². The van der Waals surface area contributed by atoms with Crippen LogP contribution in [0.2, 0.25) is 0 Å². The van der Waals surface area contributed by atoms with Crippen LogP contribution >= 0.6 is 0 Å². The first kappa shape index (κ1) is 15.0. The highest BCUT2D eigenvalue weighted by Crippen LogP contribution is 2.21. The lowest BCUT2D eigenvalue weighted by Crippen LogP contribution is -2.08. The maximum atomic E-state index is 12.6. The standard InChI is InChI=1S/C16H15F2NO2/c1-21-16(20)13-7-2-3-8-14(13)19-10-11-5-4-6-12(9-11)15(17)18/h2-9,15,19H,10H2,1H3. The third-order valence-corrected chi connectivity index (χ3v) is 3.02. The Balaban J connectivity index is 2.13. The number of ether oxygens (including phenoxy) is 1. The smallest absolute Gasteiger partial charge is 0.339 e. The molecule has 0 atom stereocenters. The van der Waals surface area contributed by atoms with Gasteiger partial charge in [0.2, 0.25) is 0 Å². The number of para-hydroxylation sites is 1. The van der Waals surface area contributed by atoms with Crippen molar-refractivity contribution in [1.82, 2.24) is 0 Å². The number of anilines is 1. The first-order valence-electron chi connectivity index (χ1n) is 6.40. The molecule has 0 aromatic heterocycles. The van der Waals surface area contributed by atoms with Gasteiger partial charge in [-0.3, -0.25) is 0 Å². The minimum atomic E-state index is -2.49. The molecule has 0 amide bonds. The van der Waals surface area contributed by atoms with Crippen LogP contribution in [0.25, 0.3) is 0 Å². The van der Waals surface area contributed by atoms with Gasteiger partial charge in [-0.1, -0.05) is 30.3 Å². The molecule has 0 spiro atoms. The van der Waals surface area contributed by atoms with Gasteiger partial charge in [-0.15, -0.1) is 0 Å². The summed E-state index contributed by atoms with van der Waals surface area (Å²) in [5, 5.41) is 3.07. The van der Waals surface area contributed by atoms with Crippen LogP contribution < -0.4 is 5.32 Å². The van der Waals surface area contributed by atoms with Crippen LogP contribution in [0.5, 0.6) is 0 Å². The van der Waals surface area contributed by atoms with Crippen molar-refractivity contribution in [3.63, 3.8) is 0 Å². The molecule has 5 heteroatoms. The summed E-state index contributed by atoms with van der Waals surface area (Å²) >= 11 is 0. The Hall–Kier alpha value is -2.43. The molecule has 0 heterocycles. The molecule has 110 valence electrons. The molecule has 2 aromatic rings. The summed E-state index contributed by atoms with van der Waals surface area (Å²) < 4.78 is 30.0. The van der Waals surface area contributed by atoms with E-state index in [4.69, 9.17) is 4.74 Å². The first-order chi connectivity index (χ1) is 10.1. The van der Waals surface area contributed by atoms with Gasteiger partial charge in [0, 0.05) is 17.8 Å². The first-order valence-corrected chi connectivity index (χ1v) is 6.40. The van der Waals surface area contributed by atoms with Crippen molar-refractivity contribution in [2.75, 3.05) is 12.4 Å². The van der Waals surface area contributed by atoms with Gasteiger partial charge in [0.05, 0.1) is 12.7 Å². The zero-order chi connectivity index (χ0) is 15.2. The highest BCUT2D eigenvalue weighted by Gasteiger charge is 2.11. The molecular weight excluding hydrogens is 276 g/mol. The molecule has 0 radical (unpaired) electrons. The molecule has 0 aliphatic carbocycles. The molecule has 0 fully saturated rings. The van der Waals surface area contributed by atoms with E-state index in [1.165, 1.54) is 19.2 Å². The van der Waals surface area contributed by atoms with Crippen LogP contribution in [0, 0.1) is 0 Å². The summed E-state index contributed by atoms with van der Waals surface area (Å²) in [4.78, 5) is 11.6. The van der Waals surface area contributed by atoms with Gasteiger partial charge in [0.25, 0.3) is 6.43 Å². The van der Waals surface area contributed by atoms with Crippen LogP contribution in [0.4, 0.5) is 14.5 Å². The van der Waals surface area contributed by atoms with Crippen molar-refractivity contribution in [2.45, 2.75) is 13.0 Å². The summed E-state index contributed by atoms with van der Waals surface area (Å²) in [5.74, 6) is -0.445. The van der Waals surface area contributed by atoms with Crippen molar-refractivity contribution >= 4 is 11.7 Å². The highest BCUT2D eigenvalue weighted by molar-refractivity contribution is 5.95. The second kappa shape index (κ2) is 6.83. The minimum Gasteiger partial charge on any atom is -0.465 e. The molecule has 2 rings (SSSR count). The van der Waals surface area contributed by atoms with Gasteiger partial charge in [-0.25, -0.2) is 13.6 Å². The van der Waals surface area contributed by atoms with Gasteiger partial charge < -0.3 is 10.1 Å². The predicted molar refractivity (Wildman–Crippen MR) is 76.5 cm³/mol. The van der Waals surface area contributed by atoms with E-state index in [9.17, 15) is 13.6 Å². The van der Waals surface area contributed by atoms with Crippen LogP contribution in [0.1, 0.15) is 27.9 Å². The van der Waals surface area contributed by atoms with Crippen LogP contribution in [-0.2, 0) is 11.3 Å². The second-order valence-corrected chi connectivity index (χ2v) is 4.44. The summed E-state index contributed by atoms with van der Waals surface area (Å²) in [6.45, 7) is 0.342. The van der Waals surface area contributed by atoms with E-state index in [-0.39, 0.29) is 5.56 Å². The molecule has 1 N–H and O–H groups in total. The number of benzene rings is 2. The lowest BCUT2D eigenvalue weighted by molar-refractivity contribution is 0.0602. The number of esters is 1. The molecule has 0 unspecified atom stereocenters. The SMILES string of the molecule is COC(=O)c1ccccc1NCc1cccc(C(F)F)c1. The zero-order valence-corrected chi connectivity index (χ0v) is 11.5. The summed E-state index contributed by atoms with van der Waals surface area (Å²) in [6, 6.07) is 13.1. The van der Waals surface area contributed by atoms with Crippen LogP contribution in [0.15, 0.2) is 48.5 Å². The molecule has 3 nitrogen and oxygen atoms in total. The number of hydrogen-bond donors (Lipinski definition) is 1. The van der Waals surface area contributed by atoms with E-state index in [1.54, 1.807) is 36.4 Å². The Kier molecular flexibility index (Phi) is 4.87. The van der Waals surface area contributed by atoms with Gasteiger partial charge in [-0.05, 0) is 23.8 Å². The lowest BCUT2D eigenvalue weighted by Gasteiger charge is -2.11. The number of alkyl halides is 2. The normalized spacial score (nSPS) is 10.5. The fourth-order valence-electron chi connectivity index (χ4n) is 1.96. The van der Waals surface area contributed by atoms with Crippen LogP contribution in [0.3, 0.4) is 0 Å². The average Bonchev–Trinajstić information content (AvgIpc) is 2.52. The molecule has 0 saturated heterocycles. The molecule has 2 aromatic carbocycles. The van der Waals surface area contributed by atoms with E-state index < -0.39 is 12.4 Å². The Morgan fingerprint density at radius 1 is 1.19 bits per heavy atom. The number of carbonyl (C=O) groups excluding carboxylic acids is 1. The molecule has 0 saturated carbocycles. The fraction of sp³-hybridized carbons (Fsp3) is 0.188. The zero-order valence-electron chi connectivity index (χ0n) is 11.5. The number of carbonyl (C=O) groups is 1. The maximum Gasteiger partial charge on any atom is 0.339 e. The van der Waals surface area contributed by atoms with E-state index in [0.717, 1.165) is 0 Å². The van der Waals surface area contributed by atoms with Crippen LogP contribution in [-0.4, -0.2) is 13.1 Å². The average molecular weight is 291 g/mol. The van der Waals surface area contributed by atoms with Crippen molar-refractivity contribution in [2.24, 2.45) is 0 Å². The molecular formula is C16H15F2NO2.